The summed E-state index contributed by atoms with van der Waals surface area (Å²) in [4.78, 5) is 2.30. The summed E-state index contributed by atoms with van der Waals surface area (Å²) in [5, 5.41) is 21.5. The minimum absolute atomic E-state index is 0.00731. The van der Waals surface area contributed by atoms with Gasteiger partial charge >= 0.3 is 6.18 Å². The lowest BCUT2D eigenvalue weighted by Gasteiger charge is -2.45. The maximum atomic E-state index is 13.0. The molecular weight excluding hydrogens is 345 g/mol. The van der Waals surface area contributed by atoms with E-state index in [1.165, 1.54) is 12.1 Å². The third-order valence-corrected chi connectivity index (χ3v) is 5.56. The normalized spacial score (nSPS) is 22.6. The number of hydrogen-bond acceptors (Lipinski definition) is 3. The lowest BCUT2D eigenvalue weighted by molar-refractivity contribution is -0.137. The number of benzene rings is 1. The molecule has 4 nitrogen and oxygen atoms in total. The van der Waals surface area contributed by atoms with E-state index in [1.54, 1.807) is 0 Å². The molecule has 140 valence electrons. The smallest absolute Gasteiger partial charge is 0.416 e. The molecule has 26 heavy (non-hydrogen) atoms. The highest BCUT2D eigenvalue weighted by atomic mass is 19.4. The van der Waals surface area contributed by atoms with Crippen LogP contribution in [-0.2, 0) is 6.18 Å². The highest BCUT2D eigenvalue weighted by molar-refractivity contribution is 5.58. The van der Waals surface area contributed by atoms with Gasteiger partial charge in [-0.1, -0.05) is 13.0 Å². The molecule has 0 radical (unpaired) electrons. The summed E-state index contributed by atoms with van der Waals surface area (Å²) >= 11 is 0. The Morgan fingerprint density at radius 3 is 2.54 bits per heavy atom. The summed E-state index contributed by atoms with van der Waals surface area (Å²) in [5.74, 6) is -0.186. The molecule has 0 saturated carbocycles. The molecule has 1 fully saturated rings. The lowest BCUT2D eigenvalue weighted by atomic mass is 9.76. The van der Waals surface area contributed by atoms with Crippen LogP contribution in [0.1, 0.15) is 54.8 Å². The Hall–Kier alpha value is -2.15. The van der Waals surface area contributed by atoms with E-state index < -0.39 is 11.7 Å². The third kappa shape index (κ3) is 2.48. The molecule has 1 aliphatic carbocycles. The number of nitrogens with zero attached hydrogens (tertiary/aromatic N) is 2. The van der Waals surface area contributed by atoms with Gasteiger partial charge in [0.2, 0.25) is 11.8 Å². The predicted molar refractivity (Wildman–Crippen MR) is 90.7 cm³/mol. The predicted octanol–water partition coefficient (Wildman–Crippen LogP) is 4.55. The number of aromatic nitrogens is 1. The van der Waals surface area contributed by atoms with Gasteiger partial charge in [-0.2, -0.15) is 13.2 Å². The quantitative estimate of drug-likeness (QED) is 0.838. The zero-order valence-corrected chi connectivity index (χ0v) is 14.4. The van der Waals surface area contributed by atoms with Crippen molar-refractivity contribution >= 4 is 0 Å². The van der Waals surface area contributed by atoms with Crippen molar-refractivity contribution in [1.82, 2.24) is 9.47 Å². The van der Waals surface area contributed by atoms with Crippen LogP contribution in [0.4, 0.5) is 13.2 Å². The second-order valence-corrected chi connectivity index (χ2v) is 7.14. The summed E-state index contributed by atoms with van der Waals surface area (Å²) in [7, 11) is 0. The van der Waals surface area contributed by atoms with E-state index in [4.69, 9.17) is 0 Å². The Bertz CT molecular complexity index is 844. The third-order valence-electron chi connectivity index (χ3n) is 5.56. The first kappa shape index (κ1) is 17.3. The van der Waals surface area contributed by atoms with E-state index in [1.807, 2.05) is 0 Å². The zero-order valence-electron chi connectivity index (χ0n) is 14.4. The monoisotopic (exact) mass is 366 g/mol. The molecule has 2 aromatic rings. The molecule has 1 aromatic heterocycles. The largest absolute Gasteiger partial charge is 0.494 e. The summed E-state index contributed by atoms with van der Waals surface area (Å²) < 4.78 is 40.3. The first-order chi connectivity index (χ1) is 12.3. The average molecular weight is 366 g/mol. The van der Waals surface area contributed by atoms with Crippen molar-refractivity contribution in [3.63, 3.8) is 0 Å². The van der Waals surface area contributed by atoms with Crippen LogP contribution >= 0.6 is 0 Å². The fourth-order valence-electron chi connectivity index (χ4n) is 4.52. The fraction of sp³-hybridized carbons (Fsp3) is 0.474. The molecule has 3 aliphatic rings. The Kier molecular flexibility index (Phi) is 3.95. The molecule has 1 saturated heterocycles. The Labute approximate surface area is 149 Å². The highest BCUT2D eigenvalue weighted by Gasteiger charge is 2.44. The van der Waals surface area contributed by atoms with Crippen LogP contribution in [0.5, 0.6) is 11.8 Å². The van der Waals surface area contributed by atoms with Gasteiger partial charge < -0.3 is 10.2 Å². The van der Waals surface area contributed by atoms with Gasteiger partial charge in [0.25, 0.3) is 0 Å². The first-order valence-electron chi connectivity index (χ1n) is 8.91. The molecule has 2 N–H and O–H groups in total. The number of fused-ring (bicyclic) bond motifs is 2. The van der Waals surface area contributed by atoms with E-state index >= 15 is 0 Å². The number of hydrogen-bond donors (Lipinski definition) is 2. The molecule has 0 amide bonds. The van der Waals surface area contributed by atoms with Gasteiger partial charge in [0.1, 0.15) is 0 Å². The molecule has 2 atom stereocenters. The van der Waals surface area contributed by atoms with Gasteiger partial charge in [-0.25, -0.2) is 0 Å². The van der Waals surface area contributed by atoms with Crippen LogP contribution in [0.25, 0.3) is 5.69 Å². The van der Waals surface area contributed by atoms with Crippen LogP contribution < -0.4 is 0 Å². The molecule has 1 unspecified atom stereocenters. The topological polar surface area (TPSA) is 48.6 Å². The van der Waals surface area contributed by atoms with Crippen LogP contribution in [0.3, 0.4) is 0 Å². The summed E-state index contributed by atoms with van der Waals surface area (Å²) in [6, 6.07) is 4.69. The highest BCUT2D eigenvalue weighted by Crippen LogP contribution is 2.55. The SMILES string of the molecule is CCCN1CC2CC[C@@H]1c1c2c(O)n(-c2cccc(C(F)(F)F)c2)c1O. The van der Waals surface area contributed by atoms with Crippen LogP contribution in [-0.4, -0.2) is 32.8 Å². The van der Waals surface area contributed by atoms with Crippen molar-refractivity contribution in [2.75, 3.05) is 13.1 Å². The molecular formula is C19H21F3N2O2. The minimum Gasteiger partial charge on any atom is -0.494 e. The fourth-order valence-corrected chi connectivity index (χ4v) is 4.52. The lowest BCUT2D eigenvalue weighted by Crippen LogP contribution is -2.42. The van der Waals surface area contributed by atoms with Gasteiger partial charge in [0.15, 0.2) is 0 Å². The molecule has 0 spiro atoms. The number of rotatable bonds is 3. The second-order valence-electron chi connectivity index (χ2n) is 7.14. The Balaban J connectivity index is 1.85. The van der Waals surface area contributed by atoms with E-state index in [0.717, 1.165) is 49.1 Å². The van der Waals surface area contributed by atoms with Gasteiger partial charge in [-0.05, 0) is 44.0 Å². The van der Waals surface area contributed by atoms with Crippen molar-refractivity contribution < 1.29 is 23.4 Å². The molecule has 3 heterocycles. The van der Waals surface area contributed by atoms with Crippen molar-refractivity contribution in [3.8, 4) is 17.4 Å². The van der Waals surface area contributed by atoms with Crippen molar-refractivity contribution in [2.24, 2.45) is 0 Å². The summed E-state index contributed by atoms with van der Waals surface area (Å²) in [6.07, 6.45) is -1.70. The number of alkyl halides is 3. The summed E-state index contributed by atoms with van der Waals surface area (Å²) in [5.41, 5.74) is 0.682. The average Bonchev–Trinajstić information content (AvgIpc) is 2.88. The van der Waals surface area contributed by atoms with Crippen molar-refractivity contribution in [3.05, 3.63) is 41.0 Å². The molecule has 7 heteroatoms. The van der Waals surface area contributed by atoms with Gasteiger partial charge in [-0.15, -0.1) is 0 Å². The molecule has 1 aromatic carbocycles. The van der Waals surface area contributed by atoms with Gasteiger partial charge in [-0.3, -0.25) is 9.47 Å². The van der Waals surface area contributed by atoms with Gasteiger partial charge in [0, 0.05) is 29.6 Å². The van der Waals surface area contributed by atoms with E-state index in [0.29, 0.717) is 11.1 Å². The maximum Gasteiger partial charge on any atom is 0.416 e. The summed E-state index contributed by atoms with van der Waals surface area (Å²) in [6.45, 7) is 3.80. The van der Waals surface area contributed by atoms with Crippen LogP contribution in [0.15, 0.2) is 24.3 Å². The molecule has 2 aliphatic heterocycles. The standard InChI is InChI=1S/C19H21F3N2O2/c1-2-8-23-10-11-6-7-14(23)16-15(11)17(25)24(18(16)26)13-5-3-4-12(9-13)19(20,21)22/h3-5,9,11,14,25-26H,2,6-8,10H2,1H3/t11?,14-/m1/s1. The maximum absolute atomic E-state index is 13.0. The van der Waals surface area contributed by atoms with Crippen molar-refractivity contribution in [2.45, 2.75) is 44.3 Å². The zero-order chi connectivity index (χ0) is 18.6. The molecule has 5 rings (SSSR count). The number of aromatic hydroxyl groups is 2. The number of halogens is 3. The van der Waals surface area contributed by atoms with E-state index in [9.17, 15) is 23.4 Å². The Morgan fingerprint density at radius 1 is 1.12 bits per heavy atom. The Morgan fingerprint density at radius 2 is 1.85 bits per heavy atom. The minimum atomic E-state index is -4.48. The van der Waals surface area contributed by atoms with Crippen molar-refractivity contribution in [1.29, 1.82) is 0 Å². The van der Waals surface area contributed by atoms with E-state index in [-0.39, 0.29) is 29.4 Å². The van der Waals surface area contributed by atoms with Gasteiger partial charge in [0.05, 0.1) is 11.3 Å². The second kappa shape index (κ2) is 5.94. The molecule has 2 bridgehead atoms. The number of piperidine rings is 1. The van der Waals surface area contributed by atoms with Crippen LogP contribution in [0, 0.1) is 0 Å². The van der Waals surface area contributed by atoms with E-state index in [2.05, 4.69) is 11.8 Å². The first-order valence-corrected chi connectivity index (χ1v) is 8.91. The van der Waals surface area contributed by atoms with Crippen LogP contribution in [0.2, 0.25) is 0 Å².